The molecule has 6 aromatic rings. The Kier molecular flexibility index (Phi) is 34.0. The first-order valence-electron chi connectivity index (χ1n) is 22.5. The summed E-state index contributed by atoms with van der Waals surface area (Å²) < 4.78 is 66.1. The summed E-state index contributed by atoms with van der Waals surface area (Å²) in [4.78, 5) is 45.7. The number of hydrogen-bond donors (Lipinski definition) is 1. The molecule has 6 rings (SSSR count). The maximum Gasteiger partial charge on any atom is 0.167 e. The number of thiol groups is 1. The van der Waals surface area contributed by atoms with E-state index in [0.717, 1.165) is 57.2 Å². The number of ketones is 1. The van der Waals surface area contributed by atoms with Crippen molar-refractivity contribution in [2.45, 2.75) is 96.8 Å². The Morgan fingerprint density at radius 1 is 0.472 bits per heavy atom. The first-order chi connectivity index (χ1) is 34.1. The van der Waals surface area contributed by atoms with Crippen LogP contribution in [-0.4, -0.2) is 61.7 Å². The Balaban J connectivity index is 0.000000872. The molecule has 390 valence electrons. The molecule has 0 aliphatic heterocycles. The molecule has 14 heteroatoms. The number of carbonyl (C=O) groups excluding carboxylic acids is 4. The zero-order valence-electron chi connectivity index (χ0n) is 44.0. The molecule has 0 N–H and O–H groups in total. The molecular formula is C58H69F5O4S5. The number of halogens is 5. The van der Waals surface area contributed by atoms with Gasteiger partial charge < -0.3 is 0 Å². The minimum Gasteiger partial charge on any atom is -0.298 e. The highest BCUT2D eigenvalue weighted by Crippen LogP contribution is 2.31. The van der Waals surface area contributed by atoms with Gasteiger partial charge in [0.05, 0.1) is 0 Å². The molecule has 0 amide bonds. The van der Waals surface area contributed by atoms with E-state index in [0.29, 0.717) is 62.2 Å². The fraction of sp³-hybridized carbons (Fsp3) is 0.310. The maximum atomic E-state index is 14.0. The van der Waals surface area contributed by atoms with Gasteiger partial charge in [-0.25, -0.2) is 22.0 Å². The van der Waals surface area contributed by atoms with Gasteiger partial charge in [-0.3, -0.25) is 19.2 Å². The molecule has 6 aromatic carbocycles. The van der Waals surface area contributed by atoms with Crippen LogP contribution in [0.4, 0.5) is 22.0 Å². The maximum absolute atomic E-state index is 14.0. The van der Waals surface area contributed by atoms with Crippen molar-refractivity contribution < 1.29 is 41.1 Å². The van der Waals surface area contributed by atoms with Crippen molar-refractivity contribution in [2.75, 3.05) is 37.0 Å². The quantitative estimate of drug-likeness (QED) is 0.0478. The Labute approximate surface area is 448 Å². The van der Waals surface area contributed by atoms with E-state index >= 15 is 0 Å². The predicted molar refractivity (Wildman–Crippen MR) is 304 cm³/mol. The molecule has 0 radical (unpaired) electrons. The molecule has 72 heavy (non-hydrogen) atoms. The summed E-state index contributed by atoms with van der Waals surface area (Å²) in [6, 6.07) is 24.9. The van der Waals surface area contributed by atoms with E-state index < -0.39 is 11.6 Å². The average Bonchev–Trinajstić information content (AvgIpc) is 3.37. The van der Waals surface area contributed by atoms with Crippen molar-refractivity contribution in [1.29, 1.82) is 0 Å². The van der Waals surface area contributed by atoms with Gasteiger partial charge in [-0.2, -0.15) is 24.4 Å². The number of thioether (sulfide) groups is 4. The van der Waals surface area contributed by atoms with Gasteiger partial charge in [-0.05, 0) is 179 Å². The number of carbonyl (C=O) groups is 4. The lowest BCUT2D eigenvalue weighted by Gasteiger charge is -2.12. The smallest absolute Gasteiger partial charge is 0.167 e. The van der Waals surface area contributed by atoms with Gasteiger partial charge in [0, 0.05) is 43.4 Å². The lowest BCUT2D eigenvalue weighted by molar-refractivity contribution is 0.0990. The minimum atomic E-state index is -0.972. The molecule has 4 nitrogen and oxygen atoms in total. The fourth-order valence-electron chi connectivity index (χ4n) is 6.47. The third-order valence-corrected chi connectivity index (χ3v) is 13.8. The van der Waals surface area contributed by atoms with E-state index in [9.17, 15) is 41.1 Å². The molecule has 0 aromatic heterocycles. The van der Waals surface area contributed by atoms with Crippen LogP contribution < -0.4 is 0 Å². The van der Waals surface area contributed by atoms with Crippen LogP contribution in [0.2, 0.25) is 0 Å². The Bertz CT molecular complexity index is 2590. The first kappa shape index (κ1) is 67.4. The van der Waals surface area contributed by atoms with Gasteiger partial charge >= 0.3 is 0 Å². The van der Waals surface area contributed by atoms with Gasteiger partial charge in [0.1, 0.15) is 36.3 Å². The van der Waals surface area contributed by atoms with Crippen LogP contribution >= 0.6 is 59.7 Å². The van der Waals surface area contributed by atoms with Crippen molar-refractivity contribution >= 4 is 84.3 Å². The van der Waals surface area contributed by atoms with E-state index in [1.165, 1.54) is 66.0 Å². The predicted octanol–water partition coefficient (Wildman–Crippen LogP) is 17.1. The monoisotopic (exact) mass is 1080 g/mol. The van der Waals surface area contributed by atoms with E-state index in [-0.39, 0.29) is 34.4 Å². The van der Waals surface area contributed by atoms with E-state index in [1.54, 1.807) is 18.7 Å². The Morgan fingerprint density at radius 2 is 0.778 bits per heavy atom. The molecule has 0 bridgehead atoms. The number of rotatable bonds is 10. The SMILES string of the molecule is CCS.CCc1ccccc1.CSC.CSc1c(F)cc(C(=O)Cc2ccccc2)c(C)c1C.CSc1c(F)cc(C=O)c(C)c1C.CSc1c(F)cc(C=O)c(C)c1C.Cc1c(C=O)cc(F)c(F)c1C. The van der Waals surface area contributed by atoms with Gasteiger partial charge in [0.2, 0.25) is 0 Å². The molecule has 0 atom stereocenters. The first-order valence-corrected chi connectivity index (χ1v) is 28.5. The number of hydrogen-bond acceptors (Lipinski definition) is 9. The summed E-state index contributed by atoms with van der Waals surface area (Å²) in [6.07, 6.45) is 12.9. The molecule has 0 unspecified atom stereocenters. The topological polar surface area (TPSA) is 68.3 Å². The van der Waals surface area contributed by atoms with Gasteiger partial charge in [-0.1, -0.05) is 74.5 Å². The van der Waals surface area contributed by atoms with Gasteiger partial charge in [0.15, 0.2) is 17.4 Å². The van der Waals surface area contributed by atoms with Gasteiger partial charge in [-0.15, -0.1) is 35.3 Å². The zero-order chi connectivity index (χ0) is 55.2. The molecule has 0 fully saturated rings. The van der Waals surface area contributed by atoms with E-state index in [4.69, 9.17) is 0 Å². The third-order valence-electron chi connectivity index (χ3n) is 11.0. The zero-order valence-corrected chi connectivity index (χ0v) is 48.2. The second-order valence-electron chi connectivity index (χ2n) is 15.7. The highest BCUT2D eigenvalue weighted by Gasteiger charge is 2.18. The summed E-state index contributed by atoms with van der Waals surface area (Å²) in [7, 11) is 0. The van der Waals surface area contributed by atoms with Crippen LogP contribution in [0.3, 0.4) is 0 Å². The molecule has 0 saturated heterocycles. The van der Waals surface area contributed by atoms with Crippen molar-refractivity contribution in [3.63, 3.8) is 0 Å². The van der Waals surface area contributed by atoms with Crippen LogP contribution in [0.5, 0.6) is 0 Å². The summed E-state index contributed by atoms with van der Waals surface area (Å²) >= 11 is 9.64. The van der Waals surface area contributed by atoms with Gasteiger partial charge in [0.25, 0.3) is 0 Å². The lowest BCUT2D eigenvalue weighted by atomic mass is 9.96. The molecular weight excluding hydrogens is 1020 g/mol. The highest BCUT2D eigenvalue weighted by molar-refractivity contribution is 7.99. The molecule has 0 aliphatic rings. The van der Waals surface area contributed by atoms with Crippen molar-refractivity contribution in [3.8, 4) is 0 Å². The van der Waals surface area contributed by atoms with Crippen molar-refractivity contribution in [1.82, 2.24) is 0 Å². The number of Topliss-reactive ketones (excluding diaryl/α,β-unsaturated/α-hetero) is 1. The number of aldehydes is 3. The second kappa shape index (κ2) is 36.3. The largest absolute Gasteiger partial charge is 0.298 e. The summed E-state index contributed by atoms with van der Waals surface area (Å²) in [6.45, 7) is 18.3. The molecule has 0 heterocycles. The minimum absolute atomic E-state index is 0.0386. The lowest BCUT2D eigenvalue weighted by Crippen LogP contribution is -2.08. The summed E-state index contributed by atoms with van der Waals surface area (Å²) in [5.74, 6) is -1.87. The van der Waals surface area contributed by atoms with Crippen LogP contribution in [0.15, 0.2) is 99.6 Å². The van der Waals surface area contributed by atoms with Crippen LogP contribution in [-0.2, 0) is 12.8 Å². The van der Waals surface area contributed by atoms with E-state index in [2.05, 4.69) is 43.8 Å². The normalized spacial score (nSPS) is 9.79. The molecule has 0 aliphatic carbocycles. The molecule has 0 spiro atoms. The third kappa shape index (κ3) is 21.1. The van der Waals surface area contributed by atoms with Crippen molar-refractivity contribution in [2.24, 2.45) is 0 Å². The Morgan fingerprint density at radius 3 is 1.10 bits per heavy atom. The average molecular weight is 1090 g/mol. The number of benzene rings is 6. The fourth-order valence-corrected chi connectivity index (χ4v) is 8.61. The summed E-state index contributed by atoms with van der Waals surface area (Å²) in [5.41, 5.74) is 9.77. The number of aryl methyl sites for hydroxylation is 1. The van der Waals surface area contributed by atoms with Crippen LogP contribution in [0, 0.1) is 84.5 Å². The van der Waals surface area contributed by atoms with Crippen molar-refractivity contribution in [3.05, 3.63) is 192 Å². The molecule has 0 saturated carbocycles. The highest BCUT2D eigenvalue weighted by atomic mass is 32.2. The van der Waals surface area contributed by atoms with Crippen LogP contribution in [0.1, 0.15) is 111 Å². The summed E-state index contributed by atoms with van der Waals surface area (Å²) in [5, 5.41) is 0. The van der Waals surface area contributed by atoms with E-state index in [1.807, 2.05) is 116 Å². The Hall–Kier alpha value is -4.60. The second-order valence-corrected chi connectivity index (χ2v) is 19.6. The van der Waals surface area contributed by atoms with Crippen LogP contribution in [0.25, 0.3) is 0 Å². The standard InChI is InChI=1S/C17H17FOS.2C10H11FOS.C9H8F2O.C8H10.2C2H6S/c1-11-12(2)17(20-3)15(18)10-14(11)16(19)9-13-7-5-4-6-8-13;2*1-6-7(2)10(13-3)9(11)4-8(6)5-12;1-5-6(2)9(11)8(10)3-7(5)4-12;1-2-8-6-4-3-5-7-8;1-3-2;1-2-3/h4-8,10H,9H2,1-3H3;2*4-5H,1-3H3;3-4H,1-2H3;3-7H,2H2,1H3;1-2H3;3H,2H2,1H3.